The summed E-state index contributed by atoms with van der Waals surface area (Å²) >= 11 is 0. The molecule has 0 bridgehead atoms. The molecule has 0 aliphatic carbocycles. The van der Waals surface area contributed by atoms with Crippen LogP contribution in [0.3, 0.4) is 0 Å². The Bertz CT molecular complexity index is 958. The van der Waals surface area contributed by atoms with Crippen molar-refractivity contribution in [3.8, 4) is 22.5 Å². The van der Waals surface area contributed by atoms with E-state index in [0.29, 0.717) is 0 Å². The van der Waals surface area contributed by atoms with Gasteiger partial charge in [-0.1, -0.05) is 24.3 Å². The Morgan fingerprint density at radius 1 is 0.909 bits per heavy atom. The van der Waals surface area contributed by atoms with Gasteiger partial charge in [0.25, 0.3) is 0 Å². The molecule has 22 heavy (non-hydrogen) atoms. The fourth-order valence-electron chi connectivity index (χ4n) is 2.52. The van der Waals surface area contributed by atoms with Crippen LogP contribution in [-0.4, -0.2) is 19.4 Å². The van der Waals surface area contributed by atoms with Gasteiger partial charge in [-0.25, -0.2) is 15.0 Å². The summed E-state index contributed by atoms with van der Waals surface area (Å²) in [7, 11) is 0. The topological polar surface area (TPSA) is 69.1 Å². The van der Waals surface area contributed by atoms with E-state index in [2.05, 4.69) is 31.5 Å². The summed E-state index contributed by atoms with van der Waals surface area (Å²) in [5.41, 5.74) is 10.5. The van der Waals surface area contributed by atoms with Crippen molar-refractivity contribution in [1.82, 2.24) is 19.4 Å². The van der Waals surface area contributed by atoms with Crippen molar-refractivity contribution in [2.24, 2.45) is 0 Å². The Kier molecular flexibility index (Phi) is 2.83. The highest BCUT2D eigenvalue weighted by Crippen LogP contribution is 2.26. The van der Waals surface area contributed by atoms with Crippen molar-refractivity contribution in [1.29, 1.82) is 0 Å². The predicted molar refractivity (Wildman–Crippen MR) is 86.1 cm³/mol. The standard InChI is InChI=1S/C17H13N5/c18-17-19-8-7-14(21-17)12-4-3-5-13(10-12)15-11-20-16-6-1-2-9-22(15)16/h1-11H,(H2,18,19,21). The van der Waals surface area contributed by atoms with E-state index in [1.165, 1.54) is 0 Å². The normalized spacial score (nSPS) is 10.9. The number of hydrogen-bond acceptors (Lipinski definition) is 4. The molecule has 5 heteroatoms. The Balaban J connectivity index is 1.85. The molecule has 2 N–H and O–H groups in total. The molecule has 0 atom stereocenters. The first-order valence-corrected chi connectivity index (χ1v) is 6.93. The van der Waals surface area contributed by atoms with Crippen molar-refractivity contribution in [3.63, 3.8) is 0 Å². The van der Waals surface area contributed by atoms with Crippen LogP contribution in [0.4, 0.5) is 5.95 Å². The summed E-state index contributed by atoms with van der Waals surface area (Å²) in [6, 6.07) is 16.0. The second-order valence-corrected chi connectivity index (χ2v) is 4.95. The predicted octanol–water partition coefficient (Wildman–Crippen LogP) is 3.04. The number of pyridine rings is 1. The molecule has 0 amide bonds. The highest BCUT2D eigenvalue weighted by atomic mass is 15.0. The number of fused-ring (bicyclic) bond motifs is 1. The fraction of sp³-hybridized carbons (Fsp3) is 0. The highest BCUT2D eigenvalue weighted by molar-refractivity contribution is 5.71. The Labute approximate surface area is 127 Å². The van der Waals surface area contributed by atoms with Crippen LogP contribution in [0.25, 0.3) is 28.2 Å². The van der Waals surface area contributed by atoms with Crippen LogP contribution < -0.4 is 5.73 Å². The molecule has 0 aliphatic heterocycles. The summed E-state index contributed by atoms with van der Waals surface area (Å²) in [6.45, 7) is 0. The first-order chi connectivity index (χ1) is 10.8. The van der Waals surface area contributed by atoms with Crippen molar-refractivity contribution in [2.45, 2.75) is 0 Å². The van der Waals surface area contributed by atoms with E-state index >= 15 is 0 Å². The molecular weight excluding hydrogens is 274 g/mol. The van der Waals surface area contributed by atoms with Gasteiger partial charge < -0.3 is 5.73 Å². The molecule has 0 aliphatic rings. The van der Waals surface area contributed by atoms with Gasteiger partial charge in [-0.3, -0.25) is 4.40 Å². The average molecular weight is 287 g/mol. The minimum absolute atomic E-state index is 0.276. The van der Waals surface area contributed by atoms with Crippen LogP contribution in [0.2, 0.25) is 0 Å². The molecule has 0 unspecified atom stereocenters. The lowest BCUT2D eigenvalue weighted by Gasteiger charge is -2.05. The molecule has 4 aromatic rings. The Hall–Kier alpha value is -3.21. The maximum Gasteiger partial charge on any atom is 0.220 e. The molecule has 1 aromatic carbocycles. The number of nitrogens with zero attached hydrogens (tertiary/aromatic N) is 4. The van der Waals surface area contributed by atoms with Gasteiger partial charge in [-0.2, -0.15) is 0 Å². The van der Waals surface area contributed by atoms with Crippen LogP contribution in [0, 0.1) is 0 Å². The third kappa shape index (κ3) is 2.09. The number of nitrogens with two attached hydrogens (primary N) is 1. The number of anilines is 1. The summed E-state index contributed by atoms with van der Waals surface area (Å²) in [6.07, 6.45) is 5.55. The second kappa shape index (κ2) is 4.96. The summed E-state index contributed by atoms with van der Waals surface area (Å²) in [5, 5.41) is 0. The van der Waals surface area contributed by atoms with Gasteiger partial charge in [0.05, 0.1) is 17.6 Å². The first kappa shape index (κ1) is 12.5. The summed E-state index contributed by atoms with van der Waals surface area (Å²) in [5.74, 6) is 0.276. The molecule has 0 spiro atoms. The number of hydrogen-bond donors (Lipinski definition) is 1. The molecule has 0 fully saturated rings. The van der Waals surface area contributed by atoms with Gasteiger partial charge >= 0.3 is 0 Å². The maximum absolute atomic E-state index is 5.67. The summed E-state index contributed by atoms with van der Waals surface area (Å²) in [4.78, 5) is 12.6. The third-order valence-corrected chi connectivity index (χ3v) is 3.55. The molecule has 0 saturated carbocycles. The minimum Gasteiger partial charge on any atom is -0.368 e. The van der Waals surface area contributed by atoms with E-state index in [1.54, 1.807) is 6.20 Å². The third-order valence-electron chi connectivity index (χ3n) is 3.55. The smallest absolute Gasteiger partial charge is 0.220 e. The van der Waals surface area contributed by atoms with Crippen LogP contribution in [0.15, 0.2) is 67.1 Å². The number of benzene rings is 1. The van der Waals surface area contributed by atoms with E-state index < -0.39 is 0 Å². The number of imidazole rings is 1. The fourth-order valence-corrected chi connectivity index (χ4v) is 2.52. The zero-order valence-corrected chi connectivity index (χ0v) is 11.7. The zero-order chi connectivity index (χ0) is 14.9. The van der Waals surface area contributed by atoms with Crippen LogP contribution in [0.1, 0.15) is 0 Å². The molecule has 4 rings (SSSR count). The van der Waals surface area contributed by atoms with Gasteiger partial charge in [0.2, 0.25) is 5.95 Å². The zero-order valence-electron chi connectivity index (χ0n) is 11.7. The van der Waals surface area contributed by atoms with Crippen molar-refractivity contribution in [3.05, 3.63) is 67.1 Å². The molecule has 3 heterocycles. The lowest BCUT2D eigenvalue weighted by molar-refractivity contribution is 1.18. The van der Waals surface area contributed by atoms with Crippen LogP contribution >= 0.6 is 0 Å². The molecule has 0 radical (unpaired) electrons. The van der Waals surface area contributed by atoms with Gasteiger partial charge in [0.1, 0.15) is 5.65 Å². The van der Waals surface area contributed by atoms with Gasteiger partial charge in [-0.15, -0.1) is 0 Å². The van der Waals surface area contributed by atoms with Crippen LogP contribution in [-0.2, 0) is 0 Å². The van der Waals surface area contributed by atoms with Crippen molar-refractivity contribution in [2.75, 3.05) is 5.73 Å². The minimum atomic E-state index is 0.276. The monoisotopic (exact) mass is 287 g/mol. The van der Waals surface area contributed by atoms with E-state index in [9.17, 15) is 0 Å². The average Bonchev–Trinajstić information content (AvgIpc) is 2.99. The van der Waals surface area contributed by atoms with Crippen LogP contribution in [0.5, 0.6) is 0 Å². The Morgan fingerprint density at radius 3 is 2.73 bits per heavy atom. The quantitative estimate of drug-likeness (QED) is 0.615. The van der Waals surface area contributed by atoms with E-state index in [-0.39, 0.29) is 5.95 Å². The lowest BCUT2D eigenvalue weighted by atomic mass is 10.1. The largest absolute Gasteiger partial charge is 0.368 e. The van der Waals surface area contributed by atoms with Crippen molar-refractivity contribution >= 4 is 11.6 Å². The molecular formula is C17H13N5. The van der Waals surface area contributed by atoms with E-state index in [1.807, 2.05) is 48.8 Å². The number of nitrogen functional groups attached to an aromatic ring is 1. The molecule has 106 valence electrons. The molecule has 3 aromatic heterocycles. The first-order valence-electron chi connectivity index (χ1n) is 6.93. The highest BCUT2D eigenvalue weighted by Gasteiger charge is 2.07. The second-order valence-electron chi connectivity index (χ2n) is 4.95. The lowest BCUT2D eigenvalue weighted by Crippen LogP contribution is -1.95. The van der Waals surface area contributed by atoms with Crippen molar-refractivity contribution < 1.29 is 0 Å². The number of rotatable bonds is 2. The Morgan fingerprint density at radius 2 is 1.82 bits per heavy atom. The van der Waals surface area contributed by atoms with Gasteiger partial charge in [0.15, 0.2) is 0 Å². The van der Waals surface area contributed by atoms with Gasteiger partial charge in [-0.05, 0) is 24.3 Å². The van der Waals surface area contributed by atoms with E-state index in [0.717, 1.165) is 28.2 Å². The van der Waals surface area contributed by atoms with E-state index in [4.69, 9.17) is 5.73 Å². The molecule has 0 saturated heterocycles. The molecule has 5 nitrogen and oxygen atoms in total. The summed E-state index contributed by atoms with van der Waals surface area (Å²) < 4.78 is 2.06. The SMILES string of the molecule is Nc1nccc(-c2cccc(-c3cnc4ccccn34)c2)n1. The number of aromatic nitrogens is 4. The maximum atomic E-state index is 5.67. The van der Waals surface area contributed by atoms with Gasteiger partial charge in [0, 0.05) is 23.5 Å².